The molecule has 0 aliphatic carbocycles. The summed E-state index contributed by atoms with van der Waals surface area (Å²) in [6, 6.07) is 3.94. The number of halogens is 2. The number of aliphatic carboxylic acids is 1. The SMILES string of the molecule is CCCC(NC(=O)Nc1c(Br)cccc1Br)C(=O)O. The molecule has 0 aliphatic rings. The molecule has 7 heteroatoms. The van der Waals surface area contributed by atoms with Crippen LogP contribution in [0.1, 0.15) is 19.8 Å². The Hall–Kier alpha value is -1.08. The van der Waals surface area contributed by atoms with Gasteiger partial charge in [-0.3, -0.25) is 0 Å². The quantitative estimate of drug-likeness (QED) is 0.715. The highest BCUT2D eigenvalue weighted by Crippen LogP contribution is 2.30. The van der Waals surface area contributed by atoms with Crippen LogP contribution in [-0.2, 0) is 4.79 Å². The molecule has 0 radical (unpaired) electrons. The summed E-state index contributed by atoms with van der Waals surface area (Å²) in [7, 11) is 0. The lowest BCUT2D eigenvalue weighted by Gasteiger charge is -2.15. The fourth-order valence-electron chi connectivity index (χ4n) is 1.47. The first-order chi connectivity index (χ1) is 8.95. The Balaban J connectivity index is 2.72. The van der Waals surface area contributed by atoms with E-state index in [1.165, 1.54) is 0 Å². The number of hydrogen-bond donors (Lipinski definition) is 3. The lowest BCUT2D eigenvalue weighted by Crippen LogP contribution is -2.42. The van der Waals surface area contributed by atoms with E-state index in [2.05, 4.69) is 42.5 Å². The second-order valence-electron chi connectivity index (χ2n) is 3.87. The minimum absolute atomic E-state index is 0.389. The van der Waals surface area contributed by atoms with Gasteiger partial charge < -0.3 is 15.7 Å². The van der Waals surface area contributed by atoms with E-state index in [0.29, 0.717) is 27.5 Å². The van der Waals surface area contributed by atoms with Crippen LogP contribution < -0.4 is 10.6 Å². The fraction of sp³-hybridized carbons (Fsp3) is 0.333. The molecule has 1 atom stereocenters. The van der Waals surface area contributed by atoms with E-state index < -0.39 is 18.0 Å². The van der Waals surface area contributed by atoms with Gasteiger partial charge in [-0.1, -0.05) is 19.4 Å². The first kappa shape index (κ1) is 16.0. The lowest BCUT2D eigenvalue weighted by atomic mass is 10.2. The number of nitrogens with one attached hydrogen (secondary N) is 2. The molecule has 1 aromatic carbocycles. The van der Waals surface area contributed by atoms with Gasteiger partial charge in [-0.25, -0.2) is 9.59 Å². The van der Waals surface area contributed by atoms with Crippen molar-refractivity contribution in [2.24, 2.45) is 0 Å². The van der Waals surface area contributed by atoms with Gasteiger partial charge >= 0.3 is 12.0 Å². The van der Waals surface area contributed by atoms with Crippen LogP contribution in [0.2, 0.25) is 0 Å². The minimum atomic E-state index is -1.04. The number of anilines is 1. The maximum absolute atomic E-state index is 11.8. The maximum atomic E-state index is 11.8. The standard InChI is InChI=1S/C12H14Br2N2O3/c1-2-4-9(11(17)18)15-12(19)16-10-7(13)5-3-6-8(10)14/h3,5-6,9H,2,4H2,1H3,(H,17,18)(H2,15,16,19). The molecule has 0 bridgehead atoms. The number of amides is 2. The predicted molar refractivity (Wildman–Crippen MR) is 80.3 cm³/mol. The van der Waals surface area contributed by atoms with Gasteiger partial charge in [0.2, 0.25) is 0 Å². The van der Waals surface area contributed by atoms with Crippen LogP contribution in [-0.4, -0.2) is 23.1 Å². The number of hydrogen-bond acceptors (Lipinski definition) is 2. The Morgan fingerprint density at radius 1 is 1.32 bits per heavy atom. The van der Waals surface area contributed by atoms with Gasteiger partial charge in [-0.05, 0) is 50.4 Å². The Labute approximate surface area is 128 Å². The van der Waals surface area contributed by atoms with E-state index >= 15 is 0 Å². The van der Waals surface area contributed by atoms with Gasteiger partial charge in [0.05, 0.1) is 5.69 Å². The van der Waals surface area contributed by atoms with Gasteiger partial charge in [0.25, 0.3) is 0 Å². The van der Waals surface area contributed by atoms with Crippen molar-refractivity contribution in [3.05, 3.63) is 27.1 Å². The van der Waals surface area contributed by atoms with E-state index in [9.17, 15) is 9.59 Å². The van der Waals surface area contributed by atoms with Crippen LogP contribution in [0.5, 0.6) is 0 Å². The highest BCUT2D eigenvalue weighted by atomic mass is 79.9. The number of benzene rings is 1. The topological polar surface area (TPSA) is 78.4 Å². The molecule has 0 heterocycles. The highest BCUT2D eigenvalue weighted by molar-refractivity contribution is 9.11. The molecule has 1 aromatic rings. The average Bonchev–Trinajstić information content (AvgIpc) is 2.33. The summed E-state index contributed by atoms with van der Waals surface area (Å²) >= 11 is 6.63. The van der Waals surface area contributed by atoms with E-state index in [1.54, 1.807) is 12.1 Å². The van der Waals surface area contributed by atoms with Crippen molar-refractivity contribution in [2.45, 2.75) is 25.8 Å². The molecule has 3 N–H and O–H groups in total. The number of carbonyl (C=O) groups is 2. The summed E-state index contributed by atoms with van der Waals surface area (Å²) < 4.78 is 1.42. The second kappa shape index (κ2) is 7.49. The smallest absolute Gasteiger partial charge is 0.326 e. The molecule has 0 saturated carbocycles. The van der Waals surface area contributed by atoms with Crippen LogP contribution >= 0.6 is 31.9 Å². The highest BCUT2D eigenvalue weighted by Gasteiger charge is 2.19. The normalized spacial score (nSPS) is 11.7. The predicted octanol–water partition coefficient (Wildman–Crippen LogP) is 3.59. The molecule has 104 valence electrons. The molecule has 2 amide bonds. The number of carboxylic acids is 1. The van der Waals surface area contributed by atoms with Crippen molar-refractivity contribution in [2.75, 3.05) is 5.32 Å². The lowest BCUT2D eigenvalue weighted by molar-refractivity contribution is -0.139. The number of carboxylic acid groups (broad SMARTS) is 1. The second-order valence-corrected chi connectivity index (χ2v) is 5.58. The van der Waals surface area contributed by atoms with Crippen LogP contribution in [0, 0.1) is 0 Å². The Morgan fingerprint density at radius 3 is 2.37 bits per heavy atom. The average molecular weight is 394 g/mol. The van der Waals surface area contributed by atoms with E-state index in [4.69, 9.17) is 5.11 Å². The third-order valence-corrected chi connectivity index (χ3v) is 3.70. The van der Waals surface area contributed by atoms with Crippen LogP contribution in [0.15, 0.2) is 27.1 Å². The molecule has 0 fully saturated rings. The third kappa shape index (κ3) is 4.83. The minimum Gasteiger partial charge on any atom is -0.480 e. The summed E-state index contributed by atoms with van der Waals surface area (Å²) in [6.07, 6.45) is 1.07. The summed E-state index contributed by atoms with van der Waals surface area (Å²) in [6.45, 7) is 1.86. The number of rotatable bonds is 5. The van der Waals surface area contributed by atoms with Crippen LogP contribution in [0.25, 0.3) is 0 Å². The molecule has 5 nitrogen and oxygen atoms in total. The third-order valence-electron chi connectivity index (χ3n) is 2.38. The Morgan fingerprint density at radius 2 is 1.89 bits per heavy atom. The Bertz CT molecular complexity index is 460. The molecular weight excluding hydrogens is 380 g/mol. The zero-order chi connectivity index (χ0) is 14.4. The van der Waals surface area contributed by atoms with Gasteiger partial charge in [0.1, 0.15) is 6.04 Å². The van der Waals surface area contributed by atoms with Crippen molar-refractivity contribution in [3.63, 3.8) is 0 Å². The Kier molecular flexibility index (Phi) is 6.30. The van der Waals surface area contributed by atoms with Crippen molar-refractivity contribution >= 4 is 49.5 Å². The zero-order valence-electron chi connectivity index (χ0n) is 10.2. The molecule has 0 spiro atoms. The van der Waals surface area contributed by atoms with Gasteiger partial charge in [0.15, 0.2) is 0 Å². The van der Waals surface area contributed by atoms with Crippen molar-refractivity contribution in [3.8, 4) is 0 Å². The van der Waals surface area contributed by atoms with E-state index in [-0.39, 0.29) is 0 Å². The summed E-state index contributed by atoms with van der Waals surface area (Å²) in [5.41, 5.74) is 0.556. The van der Waals surface area contributed by atoms with Crippen molar-refractivity contribution < 1.29 is 14.7 Å². The summed E-state index contributed by atoms with van der Waals surface area (Å²) in [5, 5.41) is 14.0. The number of carbonyl (C=O) groups excluding carboxylic acids is 1. The van der Waals surface area contributed by atoms with Crippen molar-refractivity contribution in [1.82, 2.24) is 5.32 Å². The zero-order valence-corrected chi connectivity index (χ0v) is 13.4. The molecule has 19 heavy (non-hydrogen) atoms. The molecule has 0 aliphatic heterocycles. The summed E-state index contributed by atoms with van der Waals surface area (Å²) in [5.74, 6) is -1.04. The fourth-order valence-corrected chi connectivity index (χ4v) is 2.67. The van der Waals surface area contributed by atoms with E-state index in [1.807, 2.05) is 13.0 Å². The first-order valence-electron chi connectivity index (χ1n) is 5.70. The van der Waals surface area contributed by atoms with Crippen molar-refractivity contribution in [1.29, 1.82) is 0 Å². The molecule has 0 aromatic heterocycles. The molecule has 0 saturated heterocycles. The monoisotopic (exact) mass is 392 g/mol. The van der Waals surface area contributed by atoms with Crippen LogP contribution in [0.4, 0.5) is 10.5 Å². The van der Waals surface area contributed by atoms with Gasteiger partial charge in [-0.15, -0.1) is 0 Å². The number of para-hydroxylation sites is 1. The molecule has 1 unspecified atom stereocenters. The van der Waals surface area contributed by atoms with Gasteiger partial charge in [0, 0.05) is 8.95 Å². The van der Waals surface area contributed by atoms with E-state index in [0.717, 1.165) is 0 Å². The van der Waals surface area contributed by atoms with Gasteiger partial charge in [-0.2, -0.15) is 0 Å². The first-order valence-corrected chi connectivity index (χ1v) is 7.28. The largest absolute Gasteiger partial charge is 0.480 e. The summed E-state index contributed by atoms with van der Waals surface area (Å²) in [4.78, 5) is 22.7. The number of urea groups is 1. The van der Waals surface area contributed by atoms with Crippen LogP contribution in [0.3, 0.4) is 0 Å². The maximum Gasteiger partial charge on any atom is 0.326 e. The molecular formula is C12H14Br2N2O3. The molecule has 1 rings (SSSR count).